The largest absolute Gasteiger partial charge is 0.0628 e. The van der Waals surface area contributed by atoms with E-state index in [9.17, 15) is 0 Å². The van der Waals surface area contributed by atoms with Crippen LogP contribution in [0.1, 0.15) is 22.1 Å². The van der Waals surface area contributed by atoms with Gasteiger partial charge in [0.25, 0.3) is 0 Å². The van der Waals surface area contributed by atoms with Gasteiger partial charge in [0.2, 0.25) is 0 Å². The molecule has 0 saturated carbocycles. The average Bonchev–Trinajstić information content (AvgIpc) is 2.13. The third kappa shape index (κ3) is 1.09. The normalized spacial score (nSPS) is 24.2. The van der Waals surface area contributed by atoms with E-state index in [1.54, 1.807) is 0 Å². The van der Waals surface area contributed by atoms with Crippen molar-refractivity contribution >= 4 is 0 Å². The fourth-order valence-corrected chi connectivity index (χ4v) is 0.374. The summed E-state index contributed by atoms with van der Waals surface area (Å²) in [7, 11) is 0. The molecule has 0 heterocycles. The third-order valence-corrected chi connectivity index (χ3v) is 0.664. The molecule has 0 amide bonds. The van der Waals surface area contributed by atoms with Crippen molar-refractivity contribution in [2.24, 2.45) is 0 Å². The van der Waals surface area contributed by atoms with E-state index < -0.39 is 37.9 Å². The number of rotatable bonds is 0. The van der Waals surface area contributed by atoms with Crippen LogP contribution in [0.15, 0.2) is 24.2 Å². The van der Waals surface area contributed by atoms with Crippen LogP contribution in [-0.2, 0) is 0 Å². The first kappa shape index (κ1) is 1.21. The predicted octanol–water partition coefficient (Wildman–Crippen LogP) is 2.30. The van der Waals surface area contributed by atoms with Crippen molar-refractivity contribution in [3.05, 3.63) is 35.3 Å². The van der Waals surface area contributed by atoms with Gasteiger partial charge in [0, 0.05) is 5.48 Å². The first-order chi connectivity index (χ1) is 7.29. The van der Waals surface area contributed by atoms with Gasteiger partial charge in [0.1, 0.15) is 0 Å². The maximum atomic E-state index is 7.58. The average molecular weight is 114 g/mol. The Hall–Kier alpha value is -0.780. The molecule has 0 radical (unpaired) electrons. The van der Waals surface area contributed by atoms with Gasteiger partial charge in [-0.25, -0.2) is 0 Å². The molecule has 0 heteroatoms. The molecule has 0 fully saturated rings. The van der Waals surface area contributed by atoms with Crippen molar-refractivity contribution in [1.82, 2.24) is 0 Å². The Morgan fingerprint density at radius 2 is 2.00 bits per heavy atom. The molecular weight excluding hydrogens is 96.1 g/mol. The molecule has 0 atom stereocenters. The minimum absolute atomic E-state index is 0.319. The van der Waals surface area contributed by atoms with Gasteiger partial charge in [0.15, 0.2) is 0 Å². The Labute approximate surface area is 61.4 Å². The van der Waals surface area contributed by atoms with Gasteiger partial charge in [-0.1, -0.05) is 35.3 Å². The highest BCUT2D eigenvalue weighted by Crippen LogP contribution is 2.00. The topological polar surface area (TPSA) is 0 Å². The molecule has 8 heavy (non-hydrogen) atoms. The molecule has 0 spiro atoms. The maximum Gasteiger partial charge on any atom is 0.0628 e. The zero-order chi connectivity index (χ0) is 12.6. The standard InChI is InChI=1S/C8H10/c1-7-4-3-5-8(2)6-7/h3-6H,1-2H3/i1D2,2D2,3D,4D,5D,6D. The molecule has 1 aromatic rings. The second-order valence-corrected chi connectivity index (χ2v) is 1.33. The lowest BCUT2D eigenvalue weighted by molar-refractivity contribution is 1.39. The Bertz CT molecular complexity index is 376. The van der Waals surface area contributed by atoms with E-state index in [1.165, 1.54) is 0 Å². The van der Waals surface area contributed by atoms with Crippen LogP contribution >= 0.6 is 0 Å². The van der Waals surface area contributed by atoms with Crippen molar-refractivity contribution in [3.8, 4) is 0 Å². The quantitative estimate of drug-likeness (QED) is 0.485. The van der Waals surface area contributed by atoms with Crippen LogP contribution in [0.4, 0.5) is 0 Å². The number of hydrogen-bond acceptors (Lipinski definition) is 0. The molecule has 0 unspecified atom stereocenters. The molecule has 1 aromatic carbocycles. The minimum Gasteiger partial charge on any atom is -0.0617 e. The summed E-state index contributed by atoms with van der Waals surface area (Å²) in [5.41, 5.74) is -0.638. The zero-order valence-corrected chi connectivity index (χ0v) is 4.15. The maximum absolute atomic E-state index is 7.58. The summed E-state index contributed by atoms with van der Waals surface area (Å²) in [6, 6.07) is -2.02. The van der Waals surface area contributed by atoms with E-state index in [0.29, 0.717) is 0 Å². The van der Waals surface area contributed by atoms with Crippen LogP contribution in [-0.4, -0.2) is 0 Å². The van der Waals surface area contributed by atoms with Crippen molar-refractivity contribution in [2.75, 3.05) is 0 Å². The van der Waals surface area contributed by atoms with Gasteiger partial charge in [-0.15, -0.1) is 0 Å². The lowest BCUT2D eigenvalue weighted by atomic mass is 10.2. The molecule has 0 aliphatic carbocycles. The van der Waals surface area contributed by atoms with Crippen LogP contribution in [0.5, 0.6) is 0 Å². The summed E-state index contributed by atoms with van der Waals surface area (Å²) in [5.74, 6) is 0. The van der Waals surface area contributed by atoms with Crippen molar-refractivity contribution in [1.29, 1.82) is 0 Å². The van der Waals surface area contributed by atoms with Crippen LogP contribution in [0.3, 0.4) is 0 Å². The highest BCUT2D eigenvalue weighted by Gasteiger charge is 1.80. The summed E-state index contributed by atoms with van der Waals surface area (Å²) < 4.78 is 58.6. The second-order valence-electron chi connectivity index (χ2n) is 1.33. The van der Waals surface area contributed by atoms with E-state index >= 15 is 0 Å². The Morgan fingerprint density at radius 3 is 2.50 bits per heavy atom. The first-order valence-electron chi connectivity index (χ1n) is 6.39. The Balaban J connectivity index is 3.66. The van der Waals surface area contributed by atoms with E-state index in [1.807, 2.05) is 0 Å². The number of benzene rings is 1. The van der Waals surface area contributed by atoms with Gasteiger partial charge in [-0.05, 0) is 13.8 Å². The van der Waals surface area contributed by atoms with Crippen LogP contribution in [0.2, 0.25) is 0 Å². The lowest BCUT2D eigenvalue weighted by Gasteiger charge is -1.90. The fraction of sp³-hybridized carbons (Fsp3) is 0.250. The summed E-state index contributed by atoms with van der Waals surface area (Å²) in [5, 5.41) is 0. The third-order valence-electron chi connectivity index (χ3n) is 0.664. The van der Waals surface area contributed by atoms with Gasteiger partial charge < -0.3 is 0 Å². The molecule has 42 valence electrons. The van der Waals surface area contributed by atoms with Crippen molar-refractivity contribution < 1.29 is 11.0 Å². The summed E-state index contributed by atoms with van der Waals surface area (Å²) >= 11 is 0. The molecular formula is C8H10. The van der Waals surface area contributed by atoms with E-state index in [4.69, 9.17) is 11.0 Å². The lowest BCUT2D eigenvalue weighted by Crippen LogP contribution is -1.71. The smallest absolute Gasteiger partial charge is 0.0617 e. The van der Waals surface area contributed by atoms with E-state index in [-0.39, 0.29) is 11.1 Å². The first-order valence-corrected chi connectivity index (χ1v) is 2.08. The van der Waals surface area contributed by atoms with Crippen molar-refractivity contribution in [2.45, 2.75) is 13.8 Å². The van der Waals surface area contributed by atoms with Gasteiger partial charge in [-0.2, -0.15) is 0 Å². The minimum atomic E-state index is -1.62. The summed E-state index contributed by atoms with van der Waals surface area (Å²) in [4.78, 5) is 0. The van der Waals surface area contributed by atoms with Gasteiger partial charge >= 0.3 is 0 Å². The zero-order valence-electron chi connectivity index (χ0n) is 12.2. The molecule has 0 saturated heterocycles. The highest BCUT2D eigenvalue weighted by atomic mass is 13.9. The van der Waals surface area contributed by atoms with E-state index in [2.05, 4.69) is 0 Å². The molecule has 0 N–H and O–H groups in total. The van der Waals surface area contributed by atoms with Crippen LogP contribution < -0.4 is 0 Å². The molecule has 0 aliphatic heterocycles. The Kier molecular flexibility index (Phi) is 0.301. The predicted molar refractivity (Wildman–Crippen MR) is 35.9 cm³/mol. The highest BCUT2D eigenvalue weighted by molar-refractivity contribution is 5.20. The molecule has 0 aromatic heterocycles. The van der Waals surface area contributed by atoms with Crippen LogP contribution in [0.25, 0.3) is 0 Å². The molecule has 1 rings (SSSR count). The second kappa shape index (κ2) is 1.99. The molecule has 0 aliphatic rings. The Morgan fingerprint density at radius 1 is 1.38 bits per heavy atom. The van der Waals surface area contributed by atoms with E-state index in [0.717, 1.165) is 0 Å². The monoisotopic (exact) mass is 114 g/mol. The fourth-order valence-electron chi connectivity index (χ4n) is 0.374. The SMILES string of the molecule is [2H]c1c([2H])c(C([2H])[2H])c([2H])c(C([2H])[2H])c1[2H]. The number of hydrogen-bond donors (Lipinski definition) is 0. The molecule has 0 bridgehead atoms. The molecule has 0 nitrogen and oxygen atoms in total. The summed E-state index contributed by atoms with van der Waals surface area (Å²) in [6.45, 7) is -3.25. The van der Waals surface area contributed by atoms with Gasteiger partial charge in [0.05, 0.1) is 5.48 Å². The van der Waals surface area contributed by atoms with Crippen molar-refractivity contribution in [3.63, 3.8) is 0 Å². The summed E-state index contributed by atoms with van der Waals surface area (Å²) in [6.07, 6.45) is 0. The van der Waals surface area contributed by atoms with Crippen LogP contribution in [0, 0.1) is 13.8 Å². The van der Waals surface area contributed by atoms with Gasteiger partial charge in [-0.3, -0.25) is 0 Å².